The number of benzene rings is 1. The number of fused-ring (bicyclic) bond motifs is 1. The van der Waals surface area contributed by atoms with Crippen LogP contribution >= 0.6 is 12.2 Å². The van der Waals surface area contributed by atoms with Crippen LogP contribution in [0.2, 0.25) is 0 Å². The predicted molar refractivity (Wildman–Crippen MR) is 106 cm³/mol. The van der Waals surface area contributed by atoms with Crippen molar-refractivity contribution in [3.05, 3.63) is 42.0 Å². The van der Waals surface area contributed by atoms with Crippen LogP contribution in [0.25, 0.3) is 0 Å². The minimum Gasteiger partial charge on any atom is -0.454 e. The summed E-state index contributed by atoms with van der Waals surface area (Å²) in [6, 6.07) is 5.47. The summed E-state index contributed by atoms with van der Waals surface area (Å²) in [6.07, 6.45) is 5.23. The molecule has 2 aliphatic heterocycles. The number of ether oxygens (including phenoxy) is 2. The summed E-state index contributed by atoms with van der Waals surface area (Å²) in [5, 5.41) is 7.37. The van der Waals surface area contributed by atoms with Gasteiger partial charge >= 0.3 is 0 Å². The smallest absolute Gasteiger partial charge is 0.231 e. The van der Waals surface area contributed by atoms with Gasteiger partial charge in [0, 0.05) is 37.1 Å². The van der Waals surface area contributed by atoms with E-state index in [4.69, 9.17) is 21.7 Å². The largest absolute Gasteiger partial charge is 0.454 e. The highest BCUT2D eigenvalue weighted by atomic mass is 32.1. The lowest BCUT2D eigenvalue weighted by Gasteiger charge is -2.28. The molecule has 0 bridgehead atoms. The Morgan fingerprint density at radius 3 is 2.93 bits per heavy atom. The number of nitrogens with zero attached hydrogens (tertiary/aromatic N) is 3. The molecule has 2 aromatic rings. The van der Waals surface area contributed by atoms with Gasteiger partial charge in [0.05, 0.1) is 13.1 Å². The van der Waals surface area contributed by atoms with Crippen molar-refractivity contribution in [1.29, 1.82) is 0 Å². The molecule has 4 rings (SSSR count). The Labute approximate surface area is 168 Å². The van der Waals surface area contributed by atoms with Crippen molar-refractivity contribution in [1.82, 2.24) is 14.3 Å². The third kappa shape index (κ3) is 3.95. The van der Waals surface area contributed by atoms with Gasteiger partial charge in [0.2, 0.25) is 17.5 Å². The molecule has 0 spiro atoms. The zero-order valence-electron chi connectivity index (χ0n) is 15.6. The molecule has 1 fully saturated rings. The van der Waals surface area contributed by atoms with Crippen molar-refractivity contribution in [2.45, 2.75) is 26.1 Å². The first-order valence-corrected chi connectivity index (χ1v) is 9.82. The van der Waals surface area contributed by atoms with Crippen molar-refractivity contribution in [3.63, 3.8) is 0 Å². The maximum Gasteiger partial charge on any atom is 0.231 e. The minimum atomic E-state index is 0.0143. The second-order valence-corrected chi connectivity index (χ2v) is 7.46. The molecule has 2 N–H and O–H groups in total. The minimum absolute atomic E-state index is 0.0143. The monoisotopic (exact) mass is 402 g/mol. The molecule has 1 saturated heterocycles. The Bertz CT molecular complexity index is 930. The zero-order chi connectivity index (χ0) is 19.5. The van der Waals surface area contributed by atoms with Gasteiger partial charge in [0.1, 0.15) is 6.33 Å². The lowest BCUT2D eigenvalue weighted by molar-refractivity contribution is -0.928. The topological polar surface area (TPSA) is 74.8 Å². The highest BCUT2D eigenvalue weighted by Crippen LogP contribution is 2.34. The molecule has 3 heterocycles. The van der Waals surface area contributed by atoms with Crippen molar-refractivity contribution in [2.75, 3.05) is 25.2 Å². The van der Waals surface area contributed by atoms with Crippen LogP contribution < -0.4 is 19.7 Å². The molecule has 0 unspecified atom stereocenters. The van der Waals surface area contributed by atoms with E-state index in [2.05, 4.69) is 17.0 Å². The fourth-order valence-electron chi connectivity index (χ4n) is 3.62. The normalized spacial score (nSPS) is 20.7. The molecule has 0 radical (unpaired) electrons. The van der Waals surface area contributed by atoms with E-state index in [1.54, 1.807) is 12.4 Å². The third-order valence-corrected chi connectivity index (χ3v) is 5.64. The first kappa shape index (κ1) is 18.7. The number of piperidine rings is 1. The van der Waals surface area contributed by atoms with Crippen LogP contribution in [0.1, 0.15) is 12.8 Å². The van der Waals surface area contributed by atoms with Crippen LogP contribution in [-0.2, 0) is 18.0 Å². The van der Waals surface area contributed by atoms with Gasteiger partial charge in [-0.25, -0.2) is 0 Å². The van der Waals surface area contributed by atoms with Crippen LogP contribution in [0.3, 0.4) is 0 Å². The van der Waals surface area contributed by atoms with E-state index in [0.717, 1.165) is 38.3 Å². The Morgan fingerprint density at radius 2 is 2.14 bits per heavy atom. The van der Waals surface area contributed by atoms with Gasteiger partial charge in [-0.2, -0.15) is 9.78 Å². The number of likely N-dealkylation sites (tertiary alicyclic amines) is 1. The number of hydrogen-bond donors (Lipinski definition) is 2. The average Bonchev–Trinajstić information content (AvgIpc) is 3.30. The number of carbonyl (C=O) groups is 1. The van der Waals surface area contributed by atoms with E-state index >= 15 is 0 Å². The highest BCUT2D eigenvalue weighted by Gasteiger charge is 2.28. The second-order valence-electron chi connectivity index (χ2n) is 7.09. The van der Waals surface area contributed by atoms with Crippen LogP contribution in [0.4, 0.5) is 5.69 Å². The average molecular weight is 403 g/mol. The van der Waals surface area contributed by atoms with Gasteiger partial charge < -0.3 is 24.3 Å². The van der Waals surface area contributed by atoms with Crippen molar-refractivity contribution in [3.8, 4) is 11.5 Å². The number of aromatic nitrogens is 3. The summed E-state index contributed by atoms with van der Waals surface area (Å²) < 4.78 is 15.1. The number of quaternary nitrogens is 1. The first-order valence-electron chi connectivity index (χ1n) is 9.41. The fourth-order valence-corrected chi connectivity index (χ4v) is 3.85. The Morgan fingerprint density at radius 1 is 1.36 bits per heavy atom. The molecule has 0 atom stereocenters. The highest BCUT2D eigenvalue weighted by molar-refractivity contribution is 7.71. The van der Waals surface area contributed by atoms with E-state index in [1.807, 2.05) is 27.4 Å². The Balaban J connectivity index is 1.29. The quantitative estimate of drug-likeness (QED) is 0.561. The van der Waals surface area contributed by atoms with Crippen molar-refractivity contribution in [2.24, 2.45) is 5.92 Å². The molecule has 28 heavy (non-hydrogen) atoms. The number of hydrogen-bond acceptors (Lipinski definition) is 5. The van der Waals surface area contributed by atoms with E-state index in [1.165, 1.54) is 4.90 Å². The number of amides is 1. The predicted octanol–water partition coefficient (Wildman–Crippen LogP) is 1.22. The first-order chi connectivity index (χ1) is 13.6. The summed E-state index contributed by atoms with van der Waals surface area (Å²) in [5.41, 5.74) is 0.739. The van der Waals surface area contributed by atoms with Crippen LogP contribution in [0.5, 0.6) is 11.5 Å². The number of rotatable bonds is 6. The van der Waals surface area contributed by atoms with Gasteiger partial charge in [0.25, 0.3) is 0 Å². The van der Waals surface area contributed by atoms with Crippen molar-refractivity contribution < 1.29 is 19.2 Å². The summed E-state index contributed by atoms with van der Waals surface area (Å²) >= 11 is 5.45. The maximum absolute atomic E-state index is 12.6. The lowest BCUT2D eigenvalue weighted by atomic mass is 9.96. The van der Waals surface area contributed by atoms with E-state index in [-0.39, 0.29) is 18.6 Å². The van der Waals surface area contributed by atoms with E-state index < -0.39 is 0 Å². The summed E-state index contributed by atoms with van der Waals surface area (Å²) in [7, 11) is 0. The van der Waals surface area contributed by atoms with Crippen molar-refractivity contribution >= 4 is 23.8 Å². The SMILES string of the molecule is C=CCn1cnn(C[NH+]2CCC(C(=O)Nc3ccc4c(c3)OCO4)CC2)c1=S. The van der Waals surface area contributed by atoms with Crippen LogP contribution in [-0.4, -0.2) is 40.1 Å². The molecule has 0 saturated carbocycles. The number of nitrogens with one attached hydrogen (secondary N) is 2. The molecule has 0 aliphatic carbocycles. The van der Waals surface area contributed by atoms with Crippen LogP contribution in [0, 0.1) is 10.7 Å². The summed E-state index contributed by atoms with van der Waals surface area (Å²) in [5.74, 6) is 1.46. The third-order valence-electron chi connectivity index (χ3n) is 5.20. The summed E-state index contributed by atoms with van der Waals surface area (Å²) in [4.78, 5) is 14.0. The number of allylic oxidation sites excluding steroid dienone is 1. The maximum atomic E-state index is 12.6. The fraction of sp³-hybridized carbons (Fsp3) is 0.421. The standard InChI is InChI=1S/C19H23N5O3S/c1-2-7-23-11-20-24(19(23)28)12-22-8-5-14(6-9-22)18(25)21-15-3-4-16-17(10-15)27-13-26-16/h2-4,10-11,14H,1,5-9,12-13H2,(H,21,25)/p+1. The van der Waals surface area contributed by atoms with Crippen LogP contribution in [0.15, 0.2) is 37.2 Å². The second kappa shape index (κ2) is 8.15. The molecule has 8 nitrogen and oxygen atoms in total. The number of anilines is 1. The molecule has 2 aliphatic rings. The molecule has 1 amide bonds. The van der Waals surface area contributed by atoms with Gasteiger partial charge in [0.15, 0.2) is 18.2 Å². The lowest BCUT2D eigenvalue weighted by Crippen LogP contribution is -3.12. The van der Waals surface area contributed by atoms with Gasteiger partial charge in [-0.3, -0.25) is 4.79 Å². The number of carbonyl (C=O) groups excluding carboxylic acids is 1. The molecule has 1 aromatic heterocycles. The van der Waals surface area contributed by atoms with E-state index in [0.29, 0.717) is 22.8 Å². The van der Waals surface area contributed by atoms with Gasteiger partial charge in [-0.1, -0.05) is 6.08 Å². The Kier molecular flexibility index (Phi) is 5.45. The van der Waals surface area contributed by atoms with E-state index in [9.17, 15) is 4.79 Å². The van der Waals surface area contributed by atoms with Gasteiger partial charge in [-0.05, 0) is 24.4 Å². The molecular formula is C19H24N5O3S+. The summed E-state index contributed by atoms with van der Waals surface area (Å²) in [6.45, 7) is 7.17. The Hall–Kier alpha value is -2.65. The molecule has 1 aromatic carbocycles. The molecular weight excluding hydrogens is 378 g/mol. The van der Waals surface area contributed by atoms with Gasteiger partial charge in [-0.15, -0.1) is 6.58 Å². The zero-order valence-corrected chi connectivity index (χ0v) is 16.4. The molecule has 9 heteroatoms. The molecule has 148 valence electrons.